The average molecular weight is 422 g/mol. The van der Waals surface area contributed by atoms with E-state index in [-0.39, 0.29) is 48.6 Å². The zero-order chi connectivity index (χ0) is 20.4. The number of nitrogens with two attached hydrogens (primary N) is 1. The van der Waals surface area contributed by atoms with Crippen molar-refractivity contribution in [2.24, 2.45) is 17.1 Å². The van der Waals surface area contributed by atoms with Crippen molar-refractivity contribution in [1.82, 2.24) is 4.90 Å². The molecule has 1 fully saturated rings. The standard InChI is InChI=1S/C19H26F3N3O2.ClH/c1-18(2,3)17(27)25-6-4-5-13(11-25)16(26)24-15-8-12(10-23)7-14(9-15)19(20,21)22;/h7-9,13H,4-6,10-11,23H2,1-3H3,(H,24,26);1H. The van der Waals surface area contributed by atoms with Gasteiger partial charge in [-0.25, -0.2) is 0 Å². The van der Waals surface area contributed by atoms with Gasteiger partial charge >= 0.3 is 6.18 Å². The Labute approximate surface area is 169 Å². The van der Waals surface area contributed by atoms with Crippen molar-refractivity contribution < 1.29 is 22.8 Å². The monoisotopic (exact) mass is 421 g/mol. The number of likely N-dealkylation sites (tertiary alicyclic amines) is 1. The lowest BCUT2D eigenvalue weighted by molar-refractivity contribution is -0.142. The summed E-state index contributed by atoms with van der Waals surface area (Å²) in [4.78, 5) is 26.7. The number of alkyl halides is 3. The Kier molecular flexibility index (Phi) is 7.91. The first-order chi connectivity index (χ1) is 12.4. The quantitative estimate of drug-likeness (QED) is 0.779. The molecule has 1 aliphatic rings. The Hall–Kier alpha value is -1.80. The molecule has 2 rings (SSSR count). The second-order valence-electron chi connectivity index (χ2n) is 7.95. The minimum absolute atomic E-state index is 0. The number of amides is 2. The van der Waals surface area contributed by atoms with Crippen LogP contribution < -0.4 is 11.1 Å². The van der Waals surface area contributed by atoms with Crippen LogP contribution in [0, 0.1) is 11.3 Å². The van der Waals surface area contributed by atoms with Crippen LogP contribution in [0.25, 0.3) is 0 Å². The maximum atomic E-state index is 13.0. The van der Waals surface area contributed by atoms with Gasteiger partial charge in [0.1, 0.15) is 0 Å². The summed E-state index contributed by atoms with van der Waals surface area (Å²) in [6, 6.07) is 3.31. The van der Waals surface area contributed by atoms with E-state index in [0.717, 1.165) is 12.1 Å². The van der Waals surface area contributed by atoms with Gasteiger partial charge in [-0.05, 0) is 36.6 Å². The van der Waals surface area contributed by atoms with E-state index < -0.39 is 23.1 Å². The molecular weight excluding hydrogens is 395 g/mol. The Morgan fingerprint density at radius 1 is 1.21 bits per heavy atom. The summed E-state index contributed by atoms with van der Waals surface area (Å²) in [6.45, 7) is 6.23. The van der Waals surface area contributed by atoms with E-state index in [1.54, 1.807) is 4.90 Å². The Bertz CT molecular complexity index is 717. The van der Waals surface area contributed by atoms with Crippen LogP contribution in [0.1, 0.15) is 44.7 Å². The minimum atomic E-state index is -4.52. The average Bonchev–Trinajstić information content (AvgIpc) is 2.59. The number of hydrogen-bond donors (Lipinski definition) is 2. The fraction of sp³-hybridized carbons (Fsp3) is 0.579. The third-order valence-electron chi connectivity index (χ3n) is 4.54. The molecule has 9 heteroatoms. The number of hydrogen-bond acceptors (Lipinski definition) is 3. The Morgan fingerprint density at radius 2 is 1.86 bits per heavy atom. The van der Waals surface area contributed by atoms with Gasteiger partial charge in [0.05, 0.1) is 11.5 Å². The van der Waals surface area contributed by atoms with E-state index in [1.807, 2.05) is 20.8 Å². The van der Waals surface area contributed by atoms with Gasteiger partial charge in [-0.2, -0.15) is 13.2 Å². The molecule has 5 nitrogen and oxygen atoms in total. The maximum absolute atomic E-state index is 13.0. The van der Waals surface area contributed by atoms with Crippen LogP contribution in [0.15, 0.2) is 18.2 Å². The van der Waals surface area contributed by atoms with E-state index in [4.69, 9.17) is 5.73 Å². The van der Waals surface area contributed by atoms with Gasteiger partial charge in [0.15, 0.2) is 0 Å². The molecule has 3 N–H and O–H groups in total. The van der Waals surface area contributed by atoms with E-state index in [0.29, 0.717) is 19.4 Å². The first kappa shape index (κ1) is 24.2. The summed E-state index contributed by atoms with van der Waals surface area (Å²) in [5.41, 5.74) is 4.42. The molecule has 0 spiro atoms. The number of nitrogens with one attached hydrogen (secondary N) is 1. The summed E-state index contributed by atoms with van der Waals surface area (Å²) in [6.07, 6.45) is -3.26. The first-order valence-corrected chi connectivity index (χ1v) is 8.93. The van der Waals surface area contributed by atoms with Crippen LogP contribution in [0.4, 0.5) is 18.9 Å². The molecule has 0 saturated carbocycles. The molecule has 158 valence electrons. The van der Waals surface area contributed by atoms with Gasteiger partial charge < -0.3 is 16.0 Å². The lowest BCUT2D eigenvalue weighted by Gasteiger charge is -2.35. The van der Waals surface area contributed by atoms with Gasteiger partial charge in [-0.1, -0.05) is 20.8 Å². The van der Waals surface area contributed by atoms with E-state index in [2.05, 4.69) is 5.32 Å². The normalized spacial score (nSPS) is 17.7. The number of carbonyl (C=O) groups excluding carboxylic acids is 2. The lowest BCUT2D eigenvalue weighted by Crippen LogP contribution is -2.47. The topological polar surface area (TPSA) is 75.4 Å². The van der Waals surface area contributed by atoms with Crippen molar-refractivity contribution >= 4 is 29.9 Å². The molecule has 1 unspecified atom stereocenters. The van der Waals surface area contributed by atoms with Crippen molar-refractivity contribution in [3.05, 3.63) is 29.3 Å². The summed E-state index contributed by atoms with van der Waals surface area (Å²) in [7, 11) is 0. The molecule has 1 aliphatic heterocycles. The first-order valence-electron chi connectivity index (χ1n) is 8.93. The summed E-state index contributed by atoms with van der Waals surface area (Å²) < 4.78 is 39.1. The number of halogens is 4. The number of rotatable bonds is 3. The zero-order valence-electron chi connectivity index (χ0n) is 16.2. The van der Waals surface area contributed by atoms with E-state index in [1.165, 1.54) is 6.07 Å². The van der Waals surface area contributed by atoms with Gasteiger partial charge in [0.25, 0.3) is 0 Å². The summed E-state index contributed by atoms with van der Waals surface area (Å²) in [5.74, 6) is -0.880. The van der Waals surface area contributed by atoms with Gasteiger partial charge in [-0.15, -0.1) is 12.4 Å². The molecular formula is C19H27ClF3N3O2. The van der Waals surface area contributed by atoms with Crippen LogP contribution in [-0.2, 0) is 22.3 Å². The van der Waals surface area contributed by atoms with Crippen molar-refractivity contribution in [2.45, 2.75) is 46.3 Å². The molecule has 0 aliphatic carbocycles. The number of anilines is 1. The predicted molar refractivity (Wildman–Crippen MR) is 104 cm³/mol. The highest BCUT2D eigenvalue weighted by atomic mass is 35.5. The minimum Gasteiger partial charge on any atom is -0.341 e. The highest BCUT2D eigenvalue weighted by Gasteiger charge is 2.34. The number of benzene rings is 1. The Balaban J connectivity index is 0.00000392. The predicted octanol–water partition coefficient (Wildman–Crippen LogP) is 3.81. The number of piperidine rings is 1. The number of nitrogens with zero attached hydrogens (tertiary/aromatic N) is 1. The number of carbonyl (C=O) groups is 2. The third-order valence-corrected chi connectivity index (χ3v) is 4.54. The molecule has 1 aromatic carbocycles. The highest BCUT2D eigenvalue weighted by molar-refractivity contribution is 5.93. The Morgan fingerprint density at radius 3 is 2.39 bits per heavy atom. The molecule has 2 amide bonds. The van der Waals surface area contributed by atoms with Crippen LogP contribution >= 0.6 is 12.4 Å². The molecule has 1 aromatic rings. The highest BCUT2D eigenvalue weighted by Crippen LogP contribution is 2.32. The van der Waals surface area contributed by atoms with Crippen molar-refractivity contribution in [1.29, 1.82) is 0 Å². The maximum Gasteiger partial charge on any atom is 0.416 e. The lowest BCUT2D eigenvalue weighted by atomic mass is 9.91. The van der Waals surface area contributed by atoms with E-state index in [9.17, 15) is 22.8 Å². The van der Waals surface area contributed by atoms with Gasteiger partial charge in [0.2, 0.25) is 11.8 Å². The molecule has 1 saturated heterocycles. The SMILES string of the molecule is CC(C)(C)C(=O)N1CCCC(C(=O)Nc2cc(CN)cc(C(F)(F)F)c2)C1.Cl. The van der Waals surface area contributed by atoms with Crippen LogP contribution in [0.2, 0.25) is 0 Å². The molecule has 0 bridgehead atoms. The van der Waals surface area contributed by atoms with Crippen LogP contribution in [0.5, 0.6) is 0 Å². The summed E-state index contributed by atoms with van der Waals surface area (Å²) in [5, 5.41) is 2.56. The van der Waals surface area contributed by atoms with Crippen LogP contribution in [-0.4, -0.2) is 29.8 Å². The van der Waals surface area contributed by atoms with Gasteiger partial charge in [-0.3, -0.25) is 9.59 Å². The van der Waals surface area contributed by atoms with Crippen molar-refractivity contribution in [3.8, 4) is 0 Å². The largest absolute Gasteiger partial charge is 0.416 e. The third kappa shape index (κ3) is 6.10. The van der Waals surface area contributed by atoms with E-state index >= 15 is 0 Å². The van der Waals surface area contributed by atoms with Crippen molar-refractivity contribution in [3.63, 3.8) is 0 Å². The second-order valence-corrected chi connectivity index (χ2v) is 7.95. The van der Waals surface area contributed by atoms with Crippen molar-refractivity contribution in [2.75, 3.05) is 18.4 Å². The fourth-order valence-electron chi connectivity index (χ4n) is 3.14. The zero-order valence-corrected chi connectivity index (χ0v) is 17.0. The molecule has 28 heavy (non-hydrogen) atoms. The molecule has 0 radical (unpaired) electrons. The molecule has 1 heterocycles. The van der Waals surface area contributed by atoms with Gasteiger partial charge in [0, 0.05) is 30.7 Å². The molecule has 1 atom stereocenters. The fourth-order valence-corrected chi connectivity index (χ4v) is 3.14. The summed E-state index contributed by atoms with van der Waals surface area (Å²) >= 11 is 0. The molecule has 0 aromatic heterocycles. The smallest absolute Gasteiger partial charge is 0.341 e. The second kappa shape index (κ2) is 9.13. The van der Waals surface area contributed by atoms with Crippen LogP contribution in [0.3, 0.4) is 0 Å².